The van der Waals surface area contributed by atoms with Gasteiger partial charge in [-0.2, -0.15) is 0 Å². The molecule has 1 aromatic rings. The second-order valence-electron chi connectivity index (χ2n) is 9.48. The maximum Gasteiger partial charge on any atom is 0.408 e. The first kappa shape index (κ1) is 22.0. The first-order valence-electron chi connectivity index (χ1n) is 11.0. The smallest absolute Gasteiger partial charge is 0.408 e. The van der Waals surface area contributed by atoms with E-state index in [-0.39, 0.29) is 23.2 Å². The molecule has 1 unspecified atom stereocenters. The molecule has 0 bridgehead atoms. The monoisotopic (exact) mass is 445 g/mol. The number of rotatable bonds is 3. The number of benzene rings is 1. The molecule has 1 aromatic carbocycles. The van der Waals surface area contributed by atoms with Gasteiger partial charge in [0.25, 0.3) is 0 Å². The van der Waals surface area contributed by atoms with Crippen molar-refractivity contribution in [1.82, 2.24) is 15.5 Å². The van der Waals surface area contributed by atoms with E-state index in [4.69, 9.17) is 4.74 Å². The van der Waals surface area contributed by atoms with E-state index in [2.05, 4.69) is 22.8 Å². The highest BCUT2D eigenvalue weighted by Gasteiger charge is 2.47. The molecule has 2 aliphatic heterocycles. The van der Waals surface area contributed by atoms with Crippen LogP contribution in [0.3, 0.4) is 0 Å². The molecule has 8 heteroatoms. The van der Waals surface area contributed by atoms with Crippen LogP contribution in [0.2, 0.25) is 0 Å². The van der Waals surface area contributed by atoms with E-state index in [1.165, 1.54) is 11.1 Å². The van der Waals surface area contributed by atoms with Crippen LogP contribution in [0.5, 0.6) is 0 Å². The minimum Gasteiger partial charge on any atom is -0.444 e. The van der Waals surface area contributed by atoms with Crippen LogP contribution in [0.4, 0.5) is 4.79 Å². The molecule has 168 valence electrons. The molecule has 7 nitrogen and oxygen atoms in total. The number of fused-ring (bicyclic) bond motifs is 2. The third-order valence-corrected chi connectivity index (χ3v) is 7.38. The summed E-state index contributed by atoms with van der Waals surface area (Å²) in [6.45, 7) is 5.35. The second kappa shape index (κ2) is 8.73. The Labute approximate surface area is 187 Å². The summed E-state index contributed by atoms with van der Waals surface area (Å²) in [6.07, 6.45) is 3.67. The maximum absolute atomic E-state index is 13.2. The van der Waals surface area contributed by atoms with Crippen LogP contribution < -0.4 is 10.6 Å². The van der Waals surface area contributed by atoms with Gasteiger partial charge in [-0.25, -0.2) is 4.79 Å². The number of carbonyl (C=O) groups excluding carboxylic acids is 3. The highest BCUT2D eigenvalue weighted by atomic mass is 32.2. The van der Waals surface area contributed by atoms with Gasteiger partial charge < -0.3 is 20.3 Å². The van der Waals surface area contributed by atoms with Gasteiger partial charge in [0.05, 0.1) is 11.4 Å². The quantitative estimate of drug-likeness (QED) is 0.746. The van der Waals surface area contributed by atoms with Gasteiger partial charge in [-0.05, 0) is 64.0 Å². The van der Waals surface area contributed by atoms with Crippen molar-refractivity contribution in [3.63, 3.8) is 0 Å². The molecule has 4 rings (SSSR count). The Bertz CT molecular complexity index is 869. The molecule has 0 saturated carbocycles. The van der Waals surface area contributed by atoms with E-state index in [0.717, 1.165) is 25.7 Å². The van der Waals surface area contributed by atoms with E-state index >= 15 is 0 Å². The van der Waals surface area contributed by atoms with Gasteiger partial charge in [0.1, 0.15) is 17.7 Å². The molecule has 0 aromatic heterocycles. The number of thioether (sulfide) groups is 1. The largest absolute Gasteiger partial charge is 0.444 e. The molecule has 0 spiro atoms. The zero-order chi connectivity index (χ0) is 22.2. The lowest BCUT2D eigenvalue weighted by atomic mass is 9.87. The van der Waals surface area contributed by atoms with E-state index in [9.17, 15) is 14.4 Å². The highest BCUT2D eigenvalue weighted by Crippen LogP contribution is 2.37. The molecule has 2 saturated heterocycles. The van der Waals surface area contributed by atoms with Gasteiger partial charge in [0.15, 0.2) is 0 Å². The molecule has 31 heavy (non-hydrogen) atoms. The summed E-state index contributed by atoms with van der Waals surface area (Å²) in [7, 11) is 0. The molecule has 1 aliphatic carbocycles. The van der Waals surface area contributed by atoms with Crippen LogP contribution in [0, 0.1) is 0 Å². The van der Waals surface area contributed by atoms with Crippen LogP contribution in [0.25, 0.3) is 0 Å². The van der Waals surface area contributed by atoms with Crippen molar-refractivity contribution in [2.75, 3.05) is 5.75 Å². The van der Waals surface area contributed by atoms with Gasteiger partial charge in [0, 0.05) is 5.75 Å². The first-order valence-corrected chi connectivity index (χ1v) is 12.1. The molecule has 0 radical (unpaired) electrons. The fraction of sp³-hybridized carbons (Fsp3) is 0.609. The molecule has 3 aliphatic rings. The minimum absolute atomic E-state index is 0.0152. The number of nitrogens with one attached hydrogen (secondary N) is 2. The van der Waals surface area contributed by atoms with E-state index in [1.54, 1.807) is 37.4 Å². The van der Waals surface area contributed by atoms with Gasteiger partial charge >= 0.3 is 6.09 Å². The molecule has 4 atom stereocenters. The SMILES string of the molecule is CC(C)(C)OC(=O)N[C@H]1CCC2SC[C@@H](C(=O)N[C@@H]3CCCc4ccccc43)N2C1=O. The van der Waals surface area contributed by atoms with Crippen molar-refractivity contribution in [3.8, 4) is 0 Å². The third-order valence-electron chi connectivity index (χ3n) is 6.03. The number of hydrogen-bond donors (Lipinski definition) is 2. The Kier molecular flexibility index (Phi) is 6.19. The number of alkyl carbamates (subject to hydrolysis) is 1. The van der Waals surface area contributed by atoms with Crippen molar-refractivity contribution in [3.05, 3.63) is 35.4 Å². The van der Waals surface area contributed by atoms with E-state index < -0.39 is 23.8 Å². The predicted octanol–water partition coefficient (Wildman–Crippen LogP) is 3.14. The number of amides is 3. The Morgan fingerprint density at radius 2 is 1.87 bits per heavy atom. The Balaban J connectivity index is 1.42. The van der Waals surface area contributed by atoms with E-state index in [1.807, 2.05) is 12.1 Å². The topological polar surface area (TPSA) is 87.7 Å². The van der Waals surface area contributed by atoms with Crippen molar-refractivity contribution >= 4 is 29.7 Å². The number of ether oxygens (including phenoxy) is 1. The van der Waals surface area contributed by atoms with Gasteiger partial charge in [-0.1, -0.05) is 24.3 Å². The summed E-state index contributed by atoms with van der Waals surface area (Å²) >= 11 is 1.65. The van der Waals surface area contributed by atoms with Crippen molar-refractivity contribution < 1.29 is 19.1 Å². The van der Waals surface area contributed by atoms with Crippen molar-refractivity contribution in [2.24, 2.45) is 0 Å². The summed E-state index contributed by atoms with van der Waals surface area (Å²) in [5, 5.41) is 5.88. The van der Waals surface area contributed by atoms with E-state index in [0.29, 0.717) is 12.2 Å². The average Bonchev–Trinajstić information content (AvgIpc) is 3.14. The first-order chi connectivity index (χ1) is 14.7. The Hall–Kier alpha value is -2.22. The fourth-order valence-corrected chi connectivity index (χ4v) is 6.08. The molecule has 2 N–H and O–H groups in total. The van der Waals surface area contributed by atoms with Crippen LogP contribution in [-0.2, 0) is 20.7 Å². The number of aryl methyl sites for hydroxylation is 1. The van der Waals surface area contributed by atoms with Crippen molar-refractivity contribution in [2.45, 2.75) is 82.0 Å². The zero-order valence-corrected chi connectivity index (χ0v) is 19.2. The number of carbonyl (C=O) groups is 3. The number of nitrogens with zero attached hydrogens (tertiary/aromatic N) is 1. The normalized spacial score (nSPS) is 27.8. The lowest BCUT2D eigenvalue weighted by Crippen LogP contribution is -2.59. The lowest BCUT2D eigenvalue weighted by Gasteiger charge is -2.37. The van der Waals surface area contributed by atoms with Gasteiger partial charge in [0.2, 0.25) is 11.8 Å². The zero-order valence-electron chi connectivity index (χ0n) is 18.3. The number of piperidine rings is 1. The summed E-state index contributed by atoms with van der Waals surface area (Å²) < 4.78 is 5.30. The average molecular weight is 446 g/mol. The lowest BCUT2D eigenvalue weighted by molar-refractivity contribution is -0.144. The highest BCUT2D eigenvalue weighted by molar-refractivity contribution is 8.00. The molecule has 2 heterocycles. The standard InChI is InChI=1S/C23H31N3O4S/c1-23(2,3)30-22(29)25-17-11-12-19-26(21(17)28)18(13-31-19)20(27)24-16-10-6-8-14-7-4-5-9-15(14)16/h4-5,7,9,16-19H,6,8,10-13H2,1-3H3,(H,24,27)(H,25,29)/t16-,17+,18+,19?/m1/s1. The van der Waals surface area contributed by atoms with Gasteiger partial charge in [-0.3, -0.25) is 9.59 Å². The second-order valence-corrected chi connectivity index (χ2v) is 10.7. The summed E-state index contributed by atoms with van der Waals surface area (Å²) in [4.78, 5) is 40.2. The predicted molar refractivity (Wildman–Crippen MR) is 120 cm³/mol. The third kappa shape index (κ3) is 4.84. The van der Waals surface area contributed by atoms with Crippen LogP contribution in [0.15, 0.2) is 24.3 Å². The summed E-state index contributed by atoms with van der Waals surface area (Å²) in [6, 6.07) is 7.05. The minimum atomic E-state index is -0.657. The van der Waals surface area contributed by atoms with Crippen LogP contribution >= 0.6 is 11.8 Å². The maximum atomic E-state index is 13.2. The molecular weight excluding hydrogens is 414 g/mol. The fourth-order valence-electron chi connectivity index (χ4n) is 4.65. The van der Waals surface area contributed by atoms with Gasteiger partial charge in [-0.15, -0.1) is 11.8 Å². The molecule has 3 amide bonds. The molecule has 2 fully saturated rings. The Morgan fingerprint density at radius 3 is 2.65 bits per heavy atom. The summed E-state index contributed by atoms with van der Waals surface area (Å²) in [5.41, 5.74) is 1.83. The Morgan fingerprint density at radius 1 is 1.10 bits per heavy atom. The van der Waals surface area contributed by atoms with Crippen molar-refractivity contribution in [1.29, 1.82) is 0 Å². The summed E-state index contributed by atoms with van der Waals surface area (Å²) in [5.74, 6) is 0.273. The van der Waals surface area contributed by atoms with Crippen LogP contribution in [0.1, 0.15) is 63.6 Å². The van der Waals surface area contributed by atoms with Crippen LogP contribution in [-0.4, -0.2) is 51.6 Å². The number of hydrogen-bond acceptors (Lipinski definition) is 5. The molecular formula is C23H31N3O4S.